The standard InChI is InChI=1S/C12H7Cl3N2O2S/c13-9-3-8(17(18)19)2-1-7(9)6-20-12-10(14)4-16-5-11(12)15/h1-5H,6H2. The molecule has 0 atom stereocenters. The van der Waals surface area contributed by atoms with Crippen molar-refractivity contribution in [2.24, 2.45) is 0 Å². The number of non-ortho nitro benzene ring substituents is 1. The first-order valence-corrected chi connectivity index (χ1v) is 7.45. The topological polar surface area (TPSA) is 56.0 Å². The van der Waals surface area contributed by atoms with Crippen LogP contribution in [-0.4, -0.2) is 9.91 Å². The first-order valence-electron chi connectivity index (χ1n) is 5.33. The number of aromatic nitrogens is 1. The van der Waals surface area contributed by atoms with Crippen LogP contribution in [-0.2, 0) is 5.75 Å². The predicted octanol–water partition coefficient (Wildman–Crippen LogP) is 5.24. The highest BCUT2D eigenvalue weighted by Gasteiger charge is 2.12. The molecular weight excluding hydrogens is 343 g/mol. The summed E-state index contributed by atoms with van der Waals surface area (Å²) in [7, 11) is 0. The summed E-state index contributed by atoms with van der Waals surface area (Å²) in [6.45, 7) is 0. The average molecular weight is 350 g/mol. The van der Waals surface area contributed by atoms with Gasteiger partial charge in [-0.15, -0.1) is 11.8 Å². The number of benzene rings is 1. The SMILES string of the molecule is O=[N+]([O-])c1ccc(CSc2c(Cl)cncc2Cl)c(Cl)c1. The van der Waals surface area contributed by atoms with Crippen LogP contribution in [0.5, 0.6) is 0 Å². The van der Waals surface area contributed by atoms with Gasteiger partial charge in [-0.2, -0.15) is 0 Å². The second-order valence-corrected chi connectivity index (χ2v) is 5.96. The van der Waals surface area contributed by atoms with E-state index in [2.05, 4.69) is 4.98 Å². The molecule has 0 aliphatic heterocycles. The highest BCUT2D eigenvalue weighted by atomic mass is 35.5. The number of halogens is 3. The summed E-state index contributed by atoms with van der Waals surface area (Å²) in [6, 6.07) is 4.36. The van der Waals surface area contributed by atoms with Gasteiger partial charge in [0.15, 0.2) is 0 Å². The van der Waals surface area contributed by atoms with Crippen molar-refractivity contribution in [3.05, 3.63) is 61.3 Å². The van der Waals surface area contributed by atoms with E-state index < -0.39 is 4.92 Å². The predicted molar refractivity (Wildman–Crippen MR) is 81.9 cm³/mol. The van der Waals surface area contributed by atoms with Crippen LogP contribution < -0.4 is 0 Å². The zero-order valence-electron chi connectivity index (χ0n) is 9.85. The van der Waals surface area contributed by atoms with Gasteiger partial charge in [-0.3, -0.25) is 15.1 Å². The van der Waals surface area contributed by atoms with E-state index in [-0.39, 0.29) is 5.69 Å². The van der Waals surface area contributed by atoms with Crippen molar-refractivity contribution in [1.29, 1.82) is 0 Å². The molecule has 0 fully saturated rings. The third kappa shape index (κ3) is 3.55. The fourth-order valence-electron chi connectivity index (χ4n) is 1.45. The van der Waals surface area contributed by atoms with Gasteiger partial charge in [0.25, 0.3) is 5.69 Å². The molecule has 0 aliphatic rings. The van der Waals surface area contributed by atoms with Crippen molar-refractivity contribution in [2.75, 3.05) is 0 Å². The normalized spacial score (nSPS) is 10.6. The van der Waals surface area contributed by atoms with E-state index in [4.69, 9.17) is 34.8 Å². The maximum absolute atomic E-state index is 10.6. The van der Waals surface area contributed by atoms with Gasteiger partial charge in [0.05, 0.1) is 20.0 Å². The summed E-state index contributed by atoms with van der Waals surface area (Å²) in [4.78, 5) is 14.7. The van der Waals surface area contributed by atoms with E-state index >= 15 is 0 Å². The van der Waals surface area contributed by atoms with Gasteiger partial charge in [-0.1, -0.05) is 34.8 Å². The molecule has 0 aliphatic carbocycles. The first-order chi connectivity index (χ1) is 9.49. The van der Waals surface area contributed by atoms with Crippen LogP contribution in [0.3, 0.4) is 0 Å². The lowest BCUT2D eigenvalue weighted by molar-refractivity contribution is -0.384. The van der Waals surface area contributed by atoms with Crippen molar-refractivity contribution in [1.82, 2.24) is 4.98 Å². The lowest BCUT2D eigenvalue weighted by Crippen LogP contribution is -1.90. The Hall–Kier alpha value is -1.01. The van der Waals surface area contributed by atoms with Crippen molar-refractivity contribution in [3.63, 3.8) is 0 Å². The minimum absolute atomic E-state index is 0.0382. The summed E-state index contributed by atoms with van der Waals surface area (Å²) in [6.07, 6.45) is 3.01. The third-order valence-electron chi connectivity index (χ3n) is 2.43. The third-order valence-corrected chi connectivity index (χ3v) is 4.76. The van der Waals surface area contributed by atoms with E-state index in [1.807, 2.05) is 0 Å². The average Bonchev–Trinajstić information content (AvgIpc) is 2.39. The van der Waals surface area contributed by atoms with Crippen LogP contribution in [0.25, 0.3) is 0 Å². The van der Waals surface area contributed by atoms with Gasteiger partial charge in [0.1, 0.15) is 0 Å². The molecule has 8 heteroatoms. The molecule has 0 N–H and O–H groups in total. The lowest BCUT2D eigenvalue weighted by atomic mass is 10.2. The van der Waals surface area contributed by atoms with Gasteiger partial charge in [-0.25, -0.2) is 0 Å². The van der Waals surface area contributed by atoms with Gasteiger partial charge in [-0.05, 0) is 11.6 Å². The van der Waals surface area contributed by atoms with Crippen molar-refractivity contribution >= 4 is 52.3 Å². The van der Waals surface area contributed by atoms with Crippen molar-refractivity contribution in [3.8, 4) is 0 Å². The van der Waals surface area contributed by atoms with Crippen LogP contribution in [0.15, 0.2) is 35.5 Å². The molecule has 2 rings (SSSR count). The van der Waals surface area contributed by atoms with E-state index in [9.17, 15) is 10.1 Å². The molecule has 0 saturated carbocycles. The number of nitro benzene ring substituents is 1. The Labute approximate surface area is 134 Å². The van der Waals surface area contributed by atoms with E-state index in [0.717, 1.165) is 5.56 Å². The Morgan fingerprint density at radius 2 is 1.80 bits per heavy atom. The molecule has 0 amide bonds. The molecule has 0 unspecified atom stereocenters. The quantitative estimate of drug-likeness (QED) is 0.430. The number of nitro groups is 1. The molecule has 4 nitrogen and oxygen atoms in total. The maximum atomic E-state index is 10.6. The fraction of sp³-hybridized carbons (Fsp3) is 0.0833. The van der Waals surface area contributed by atoms with Crippen molar-refractivity contribution < 1.29 is 4.92 Å². The molecule has 0 spiro atoms. The monoisotopic (exact) mass is 348 g/mol. The molecule has 1 aromatic heterocycles. The number of thioether (sulfide) groups is 1. The fourth-order valence-corrected chi connectivity index (χ4v) is 3.40. The second kappa shape index (κ2) is 6.63. The highest BCUT2D eigenvalue weighted by Crippen LogP contribution is 2.36. The number of rotatable bonds is 4. The molecule has 1 heterocycles. The summed E-state index contributed by atoms with van der Waals surface area (Å²) in [5.74, 6) is 0.500. The number of hydrogen-bond donors (Lipinski definition) is 0. The van der Waals surface area contributed by atoms with Crippen LogP contribution in [0.2, 0.25) is 15.1 Å². The summed E-state index contributed by atoms with van der Waals surface area (Å²) in [5.41, 5.74) is 0.731. The van der Waals surface area contributed by atoms with Gasteiger partial charge < -0.3 is 0 Å². The van der Waals surface area contributed by atoms with Gasteiger partial charge >= 0.3 is 0 Å². The molecule has 1 aromatic carbocycles. The molecule has 20 heavy (non-hydrogen) atoms. The second-order valence-electron chi connectivity index (χ2n) is 3.75. The number of nitrogens with zero attached hydrogens (tertiary/aromatic N) is 2. The van der Waals surface area contributed by atoms with E-state index in [1.54, 1.807) is 6.07 Å². The van der Waals surface area contributed by atoms with Gasteiger partial charge in [0, 0.05) is 35.2 Å². The van der Waals surface area contributed by atoms with E-state index in [0.29, 0.717) is 25.7 Å². The molecular formula is C12H7Cl3N2O2S. The minimum atomic E-state index is -0.487. The zero-order valence-corrected chi connectivity index (χ0v) is 12.9. The molecule has 104 valence electrons. The van der Waals surface area contributed by atoms with Crippen LogP contribution in [0.1, 0.15) is 5.56 Å². The lowest BCUT2D eigenvalue weighted by Gasteiger charge is -2.07. The summed E-state index contributed by atoms with van der Waals surface area (Å²) < 4.78 is 0. The summed E-state index contributed by atoms with van der Waals surface area (Å²) >= 11 is 19.4. The highest BCUT2D eigenvalue weighted by molar-refractivity contribution is 7.98. The Kier molecular flexibility index (Phi) is 5.10. The Balaban J connectivity index is 2.17. The smallest absolute Gasteiger partial charge is 0.262 e. The van der Waals surface area contributed by atoms with Gasteiger partial charge in [0.2, 0.25) is 0 Å². The zero-order chi connectivity index (χ0) is 14.7. The summed E-state index contributed by atoms with van der Waals surface area (Å²) in [5, 5.41) is 11.9. The maximum Gasteiger partial charge on any atom is 0.270 e. The van der Waals surface area contributed by atoms with Crippen LogP contribution in [0.4, 0.5) is 5.69 Å². The Morgan fingerprint density at radius 3 is 2.35 bits per heavy atom. The van der Waals surface area contributed by atoms with Crippen molar-refractivity contribution in [2.45, 2.75) is 10.6 Å². The Morgan fingerprint density at radius 1 is 1.15 bits per heavy atom. The van der Waals surface area contributed by atoms with E-state index in [1.165, 1.54) is 36.3 Å². The molecule has 0 saturated heterocycles. The first kappa shape index (κ1) is 15.4. The van der Waals surface area contributed by atoms with Crippen LogP contribution in [0, 0.1) is 10.1 Å². The number of hydrogen-bond acceptors (Lipinski definition) is 4. The minimum Gasteiger partial charge on any atom is -0.262 e. The molecule has 0 bridgehead atoms. The Bertz CT molecular complexity index is 647. The number of pyridine rings is 1. The van der Waals surface area contributed by atoms with Crippen LogP contribution >= 0.6 is 46.6 Å². The molecule has 0 radical (unpaired) electrons. The largest absolute Gasteiger partial charge is 0.270 e. The molecule has 2 aromatic rings.